The third kappa shape index (κ3) is 12.0. The first-order chi connectivity index (χ1) is 8.12. The van der Waals surface area contributed by atoms with Crippen LogP contribution >= 0.6 is 0 Å². The maximum Gasteiger partial charge on any atom is -0.0178 e. The van der Waals surface area contributed by atoms with Gasteiger partial charge in [0.1, 0.15) is 0 Å². The molecule has 0 radical (unpaired) electrons. The van der Waals surface area contributed by atoms with E-state index in [1.54, 1.807) is 0 Å². The fraction of sp³-hybridized carbons (Fsp3) is 0.882. The molecule has 0 fully saturated rings. The highest BCUT2D eigenvalue weighted by atomic mass is 14.2. The van der Waals surface area contributed by atoms with E-state index in [0.717, 1.165) is 0 Å². The summed E-state index contributed by atoms with van der Waals surface area (Å²) < 4.78 is 0. The quantitative estimate of drug-likeness (QED) is 0.268. The Labute approximate surface area is 110 Å². The molecular weight excluding hydrogens is 204 g/mol. The minimum absolute atomic E-state index is 0.347. The maximum atomic E-state index is 3.90. The Balaban J connectivity index is 3.11. The Morgan fingerprint density at radius 2 is 1.18 bits per heavy atom. The summed E-state index contributed by atoms with van der Waals surface area (Å²) in [4.78, 5) is 0. The molecule has 0 heteroatoms. The largest absolute Gasteiger partial charge is 0.103 e. The lowest BCUT2D eigenvalue weighted by atomic mass is 9.87. The molecule has 0 unspecified atom stereocenters. The van der Waals surface area contributed by atoms with Crippen molar-refractivity contribution in [1.82, 2.24) is 0 Å². The van der Waals surface area contributed by atoms with Crippen LogP contribution in [0.3, 0.4) is 0 Å². The van der Waals surface area contributed by atoms with Gasteiger partial charge in [-0.3, -0.25) is 0 Å². The third-order valence-corrected chi connectivity index (χ3v) is 3.73. The number of hydrogen-bond acceptors (Lipinski definition) is 0. The van der Waals surface area contributed by atoms with Gasteiger partial charge in [0.05, 0.1) is 0 Å². The van der Waals surface area contributed by atoms with Gasteiger partial charge < -0.3 is 0 Å². The van der Waals surface area contributed by atoms with Gasteiger partial charge in [-0.15, -0.1) is 6.58 Å². The van der Waals surface area contributed by atoms with Gasteiger partial charge in [-0.1, -0.05) is 91.1 Å². The highest BCUT2D eigenvalue weighted by Crippen LogP contribution is 2.24. The van der Waals surface area contributed by atoms with E-state index < -0.39 is 0 Å². The lowest BCUT2D eigenvalue weighted by molar-refractivity contribution is 0.408. The normalized spacial score (nSPS) is 11.7. The van der Waals surface area contributed by atoms with Gasteiger partial charge in [-0.25, -0.2) is 0 Å². The molecule has 0 aliphatic carbocycles. The topological polar surface area (TPSA) is 0 Å². The second-order valence-corrected chi connectivity index (χ2v) is 6.12. The van der Waals surface area contributed by atoms with E-state index in [1.807, 2.05) is 0 Å². The predicted molar refractivity (Wildman–Crippen MR) is 80.4 cm³/mol. The Morgan fingerprint density at radius 3 is 1.59 bits per heavy atom. The zero-order valence-electron chi connectivity index (χ0n) is 12.6. The number of allylic oxidation sites excluding steroid dienone is 1. The molecular formula is C17H34. The molecule has 0 aromatic heterocycles. The summed E-state index contributed by atoms with van der Waals surface area (Å²) in [7, 11) is 0. The van der Waals surface area contributed by atoms with E-state index in [4.69, 9.17) is 0 Å². The summed E-state index contributed by atoms with van der Waals surface area (Å²) >= 11 is 0. The molecule has 0 aromatic carbocycles. The molecule has 0 saturated carbocycles. The molecule has 102 valence electrons. The van der Waals surface area contributed by atoms with Crippen molar-refractivity contribution in [3.63, 3.8) is 0 Å². The van der Waals surface area contributed by atoms with Crippen LogP contribution in [-0.2, 0) is 0 Å². The van der Waals surface area contributed by atoms with Gasteiger partial charge in [0.15, 0.2) is 0 Å². The average Bonchev–Trinajstić information content (AvgIpc) is 2.31. The molecule has 0 aliphatic heterocycles. The van der Waals surface area contributed by atoms with Crippen LogP contribution in [0.5, 0.6) is 0 Å². The van der Waals surface area contributed by atoms with E-state index in [2.05, 4.69) is 33.4 Å². The number of rotatable bonds is 12. The van der Waals surface area contributed by atoms with Crippen LogP contribution in [0.25, 0.3) is 0 Å². The van der Waals surface area contributed by atoms with Crippen molar-refractivity contribution in [1.29, 1.82) is 0 Å². The Morgan fingerprint density at radius 1 is 0.765 bits per heavy atom. The van der Waals surface area contributed by atoms with Crippen molar-refractivity contribution in [2.45, 2.75) is 91.4 Å². The lowest BCUT2D eigenvalue weighted by Crippen LogP contribution is -2.05. The SMILES string of the molecule is C=CC(C)(C)CCCCCCCCCCCC. The van der Waals surface area contributed by atoms with Crippen LogP contribution in [-0.4, -0.2) is 0 Å². The van der Waals surface area contributed by atoms with Crippen LogP contribution in [0.4, 0.5) is 0 Å². The minimum atomic E-state index is 0.347. The van der Waals surface area contributed by atoms with Crippen LogP contribution in [0.2, 0.25) is 0 Å². The van der Waals surface area contributed by atoms with E-state index in [1.165, 1.54) is 70.6 Å². The molecule has 0 rings (SSSR count). The summed E-state index contributed by atoms with van der Waals surface area (Å²) in [5.74, 6) is 0. The molecule has 0 nitrogen and oxygen atoms in total. The Bertz CT molecular complexity index is 167. The van der Waals surface area contributed by atoms with Crippen molar-refractivity contribution in [3.8, 4) is 0 Å². The molecule has 0 atom stereocenters. The summed E-state index contributed by atoms with van der Waals surface area (Å²) in [5.41, 5.74) is 0.347. The molecule has 0 amide bonds. The lowest BCUT2D eigenvalue weighted by Gasteiger charge is -2.18. The van der Waals surface area contributed by atoms with Gasteiger partial charge in [0.25, 0.3) is 0 Å². The summed E-state index contributed by atoms with van der Waals surface area (Å²) in [6.45, 7) is 10.7. The molecule has 0 heterocycles. The molecule has 0 bridgehead atoms. The van der Waals surface area contributed by atoms with Gasteiger partial charge in [0, 0.05) is 0 Å². The molecule has 0 N–H and O–H groups in total. The van der Waals surface area contributed by atoms with Crippen LogP contribution in [0.1, 0.15) is 91.4 Å². The van der Waals surface area contributed by atoms with Crippen molar-refractivity contribution in [2.75, 3.05) is 0 Å². The van der Waals surface area contributed by atoms with Crippen LogP contribution < -0.4 is 0 Å². The zero-order chi connectivity index (χ0) is 13.0. The highest BCUT2D eigenvalue weighted by molar-refractivity contribution is 4.86. The zero-order valence-corrected chi connectivity index (χ0v) is 12.6. The third-order valence-electron chi connectivity index (χ3n) is 3.73. The highest BCUT2D eigenvalue weighted by Gasteiger charge is 2.11. The van der Waals surface area contributed by atoms with Crippen LogP contribution in [0, 0.1) is 5.41 Å². The second kappa shape index (κ2) is 10.9. The van der Waals surface area contributed by atoms with E-state index in [9.17, 15) is 0 Å². The molecule has 17 heavy (non-hydrogen) atoms. The monoisotopic (exact) mass is 238 g/mol. The fourth-order valence-corrected chi connectivity index (χ4v) is 2.17. The van der Waals surface area contributed by atoms with E-state index in [-0.39, 0.29) is 0 Å². The smallest absolute Gasteiger partial charge is 0.0178 e. The first kappa shape index (κ1) is 16.7. The average molecular weight is 238 g/mol. The first-order valence-corrected chi connectivity index (χ1v) is 7.76. The van der Waals surface area contributed by atoms with Crippen molar-refractivity contribution in [2.24, 2.45) is 5.41 Å². The molecule has 0 aliphatic rings. The number of unbranched alkanes of at least 4 members (excludes halogenated alkanes) is 9. The minimum Gasteiger partial charge on any atom is -0.103 e. The van der Waals surface area contributed by atoms with Crippen molar-refractivity contribution in [3.05, 3.63) is 12.7 Å². The van der Waals surface area contributed by atoms with Gasteiger partial charge in [0.2, 0.25) is 0 Å². The van der Waals surface area contributed by atoms with E-state index >= 15 is 0 Å². The predicted octanol–water partition coefficient (Wildman–Crippen LogP) is 6.51. The number of hydrogen-bond donors (Lipinski definition) is 0. The molecule has 0 spiro atoms. The molecule has 0 aromatic rings. The summed E-state index contributed by atoms with van der Waals surface area (Å²) in [6, 6.07) is 0. The van der Waals surface area contributed by atoms with Gasteiger partial charge in [-0.2, -0.15) is 0 Å². The van der Waals surface area contributed by atoms with E-state index in [0.29, 0.717) is 5.41 Å². The fourth-order valence-electron chi connectivity index (χ4n) is 2.17. The van der Waals surface area contributed by atoms with Crippen LogP contribution in [0.15, 0.2) is 12.7 Å². The summed E-state index contributed by atoms with van der Waals surface area (Å²) in [6.07, 6.45) is 17.7. The Hall–Kier alpha value is -0.260. The van der Waals surface area contributed by atoms with Crippen molar-refractivity contribution < 1.29 is 0 Å². The summed E-state index contributed by atoms with van der Waals surface area (Å²) in [5, 5.41) is 0. The first-order valence-electron chi connectivity index (χ1n) is 7.76. The Kier molecular flexibility index (Phi) is 10.7. The second-order valence-electron chi connectivity index (χ2n) is 6.12. The van der Waals surface area contributed by atoms with Gasteiger partial charge in [-0.05, 0) is 11.8 Å². The standard InChI is InChI=1S/C17H34/c1-5-7-8-9-10-11-12-13-14-15-16-17(3,4)6-2/h6H,2,5,7-16H2,1,3-4H3. The maximum absolute atomic E-state index is 3.90. The van der Waals surface area contributed by atoms with Gasteiger partial charge >= 0.3 is 0 Å². The van der Waals surface area contributed by atoms with Crippen molar-refractivity contribution >= 4 is 0 Å². The molecule has 0 saturated heterocycles.